The van der Waals surface area contributed by atoms with E-state index in [1.54, 1.807) is 12.1 Å². The largest absolute Gasteiger partial charge is 0.431 e. The molecular weight excluding hydrogens is 344 g/mol. The molecule has 25 heavy (non-hydrogen) atoms. The van der Waals surface area contributed by atoms with Crippen molar-refractivity contribution in [2.75, 3.05) is 11.1 Å². The number of aromatic nitrogens is 1. The van der Waals surface area contributed by atoms with Crippen molar-refractivity contribution in [3.63, 3.8) is 0 Å². The molecule has 0 radical (unpaired) electrons. The number of thioether (sulfide) groups is 1. The van der Waals surface area contributed by atoms with Gasteiger partial charge in [0.05, 0.1) is 21.9 Å². The minimum absolute atomic E-state index is 0.0225. The van der Waals surface area contributed by atoms with Gasteiger partial charge in [0.25, 0.3) is 10.9 Å². The normalized spacial score (nSPS) is 10.4. The number of anilines is 1. The molecule has 0 aliphatic carbocycles. The van der Waals surface area contributed by atoms with Gasteiger partial charge in [-0.15, -0.1) is 0 Å². The van der Waals surface area contributed by atoms with Crippen molar-refractivity contribution in [3.05, 3.63) is 58.1 Å². The topological polar surface area (TPSA) is 122 Å². The van der Waals surface area contributed by atoms with Crippen molar-refractivity contribution in [2.24, 2.45) is 0 Å². The summed E-state index contributed by atoms with van der Waals surface area (Å²) in [6.45, 7) is 0. The number of rotatable bonds is 5. The molecule has 0 saturated carbocycles. The van der Waals surface area contributed by atoms with E-state index in [1.807, 2.05) is 18.2 Å². The Hall–Kier alpha value is -3.38. The van der Waals surface area contributed by atoms with Gasteiger partial charge >= 0.3 is 0 Å². The lowest BCUT2D eigenvalue weighted by atomic mass is 10.1. The van der Waals surface area contributed by atoms with Gasteiger partial charge in [0.1, 0.15) is 11.6 Å². The number of amides is 1. The monoisotopic (exact) mass is 354 g/mol. The SMILES string of the molecule is N#Cc1cc([N+](=O)[O-])ccc1NC(=O)CSc1nc2ccccc2o1. The molecule has 0 aliphatic heterocycles. The fraction of sp³-hybridized carbons (Fsp3) is 0.0625. The van der Waals surface area contributed by atoms with Crippen LogP contribution >= 0.6 is 11.8 Å². The fourth-order valence-corrected chi connectivity index (χ4v) is 2.71. The Morgan fingerprint density at radius 3 is 2.88 bits per heavy atom. The first-order valence-electron chi connectivity index (χ1n) is 7.03. The highest BCUT2D eigenvalue weighted by Gasteiger charge is 2.14. The number of benzene rings is 2. The summed E-state index contributed by atoms with van der Waals surface area (Å²) in [4.78, 5) is 26.4. The van der Waals surface area contributed by atoms with Crippen molar-refractivity contribution in [1.82, 2.24) is 4.98 Å². The summed E-state index contributed by atoms with van der Waals surface area (Å²) in [6, 6.07) is 12.8. The predicted octanol–water partition coefficient (Wildman–Crippen LogP) is 3.34. The number of oxazole rings is 1. The molecule has 124 valence electrons. The van der Waals surface area contributed by atoms with Crippen LogP contribution in [0.15, 0.2) is 52.1 Å². The van der Waals surface area contributed by atoms with Gasteiger partial charge in [-0.05, 0) is 18.2 Å². The third-order valence-electron chi connectivity index (χ3n) is 3.21. The first-order valence-corrected chi connectivity index (χ1v) is 8.02. The maximum Gasteiger partial charge on any atom is 0.270 e. The molecule has 9 heteroatoms. The highest BCUT2D eigenvalue weighted by atomic mass is 32.2. The number of carbonyl (C=O) groups excluding carboxylic acids is 1. The zero-order chi connectivity index (χ0) is 17.8. The van der Waals surface area contributed by atoms with E-state index in [4.69, 9.17) is 9.68 Å². The first kappa shape index (κ1) is 16.5. The van der Waals surface area contributed by atoms with Gasteiger partial charge < -0.3 is 9.73 Å². The van der Waals surface area contributed by atoms with Gasteiger partial charge in [0, 0.05) is 12.1 Å². The van der Waals surface area contributed by atoms with E-state index in [0.717, 1.165) is 17.8 Å². The molecule has 1 aromatic heterocycles. The molecule has 1 amide bonds. The van der Waals surface area contributed by atoms with Crippen LogP contribution in [0.25, 0.3) is 11.1 Å². The Morgan fingerprint density at radius 1 is 1.36 bits per heavy atom. The maximum atomic E-state index is 12.0. The number of para-hydroxylation sites is 2. The molecule has 0 unspecified atom stereocenters. The second-order valence-corrected chi connectivity index (χ2v) is 5.81. The number of nitrogens with zero attached hydrogens (tertiary/aromatic N) is 3. The summed E-state index contributed by atoms with van der Waals surface area (Å²) in [5.41, 5.74) is 1.36. The number of nitrogens with one attached hydrogen (secondary N) is 1. The molecular formula is C16H10N4O4S. The number of nitriles is 1. The van der Waals surface area contributed by atoms with Gasteiger partial charge in [-0.2, -0.15) is 5.26 Å². The van der Waals surface area contributed by atoms with Crippen LogP contribution < -0.4 is 5.32 Å². The minimum atomic E-state index is -0.602. The Labute approximate surface area is 145 Å². The van der Waals surface area contributed by atoms with E-state index >= 15 is 0 Å². The first-order chi connectivity index (χ1) is 12.1. The average Bonchev–Trinajstić information content (AvgIpc) is 3.03. The summed E-state index contributed by atoms with van der Waals surface area (Å²) in [5.74, 6) is -0.355. The number of non-ortho nitro benzene ring substituents is 1. The molecule has 0 atom stereocenters. The lowest BCUT2D eigenvalue weighted by Crippen LogP contribution is -2.15. The van der Waals surface area contributed by atoms with Crippen molar-refractivity contribution in [3.8, 4) is 6.07 Å². The Bertz CT molecular complexity index is 976. The van der Waals surface area contributed by atoms with E-state index in [-0.39, 0.29) is 28.6 Å². The minimum Gasteiger partial charge on any atom is -0.431 e. The van der Waals surface area contributed by atoms with Crippen LogP contribution in [-0.4, -0.2) is 21.6 Å². The summed E-state index contributed by atoms with van der Waals surface area (Å²) >= 11 is 1.11. The molecule has 8 nitrogen and oxygen atoms in total. The predicted molar refractivity (Wildman–Crippen MR) is 91.2 cm³/mol. The van der Waals surface area contributed by atoms with Crippen LogP contribution in [0.2, 0.25) is 0 Å². The lowest BCUT2D eigenvalue weighted by Gasteiger charge is -2.05. The summed E-state index contributed by atoms with van der Waals surface area (Å²) < 4.78 is 5.50. The molecule has 0 fully saturated rings. The summed E-state index contributed by atoms with van der Waals surface area (Å²) in [6.07, 6.45) is 0. The molecule has 1 N–H and O–H groups in total. The van der Waals surface area contributed by atoms with E-state index < -0.39 is 4.92 Å². The standard InChI is InChI=1S/C16H10N4O4S/c17-8-10-7-11(20(22)23)5-6-12(10)18-15(21)9-25-16-19-13-3-1-2-4-14(13)24-16/h1-7H,9H2,(H,18,21). The van der Waals surface area contributed by atoms with Crippen LogP contribution in [-0.2, 0) is 4.79 Å². The van der Waals surface area contributed by atoms with Crippen molar-refractivity contribution in [1.29, 1.82) is 5.26 Å². The molecule has 0 bridgehead atoms. The van der Waals surface area contributed by atoms with Gasteiger partial charge in [-0.3, -0.25) is 14.9 Å². The van der Waals surface area contributed by atoms with Crippen LogP contribution in [0.3, 0.4) is 0 Å². The van der Waals surface area contributed by atoms with Crippen LogP contribution in [0, 0.1) is 21.4 Å². The number of fused-ring (bicyclic) bond motifs is 1. The zero-order valence-electron chi connectivity index (χ0n) is 12.6. The second-order valence-electron chi connectivity index (χ2n) is 4.88. The van der Waals surface area contributed by atoms with E-state index in [1.165, 1.54) is 12.1 Å². The van der Waals surface area contributed by atoms with Crippen LogP contribution in [0.5, 0.6) is 0 Å². The Balaban J connectivity index is 1.66. The highest BCUT2D eigenvalue weighted by Crippen LogP contribution is 2.24. The highest BCUT2D eigenvalue weighted by molar-refractivity contribution is 7.99. The molecule has 1 heterocycles. The van der Waals surface area contributed by atoms with Crippen molar-refractivity contribution >= 4 is 40.1 Å². The smallest absolute Gasteiger partial charge is 0.270 e. The van der Waals surface area contributed by atoms with Crippen molar-refractivity contribution < 1.29 is 14.1 Å². The molecule has 3 rings (SSSR count). The maximum absolute atomic E-state index is 12.0. The lowest BCUT2D eigenvalue weighted by molar-refractivity contribution is -0.384. The van der Waals surface area contributed by atoms with Crippen LogP contribution in [0.4, 0.5) is 11.4 Å². The molecule has 0 aliphatic rings. The Morgan fingerprint density at radius 2 is 2.16 bits per heavy atom. The number of nitro groups is 1. The van der Waals surface area contributed by atoms with E-state index in [0.29, 0.717) is 16.3 Å². The number of carbonyl (C=O) groups is 1. The van der Waals surface area contributed by atoms with Gasteiger partial charge in [0.2, 0.25) is 5.91 Å². The summed E-state index contributed by atoms with van der Waals surface area (Å²) in [5, 5.41) is 22.7. The number of nitro benzene ring substituents is 1. The third-order valence-corrected chi connectivity index (χ3v) is 4.04. The molecule has 2 aromatic carbocycles. The fourth-order valence-electron chi connectivity index (χ4n) is 2.07. The zero-order valence-corrected chi connectivity index (χ0v) is 13.4. The quantitative estimate of drug-likeness (QED) is 0.423. The van der Waals surface area contributed by atoms with Crippen LogP contribution in [0.1, 0.15) is 5.56 Å². The van der Waals surface area contributed by atoms with Crippen molar-refractivity contribution in [2.45, 2.75) is 5.22 Å². The van der Waals surface area contributed by atoms with E-state index in [2.05, 4.69) is 10.3 Å². The van der Waals surface area contributed by atoms with Gasteiger partial charge in [-0.1, -0.05) is 23.9 Å². The number of hydrogen-bond acceptors (Lipinski definition) is 7. The summed E-state index contributed by atoms with van der Waals surface area (Å²) in [7, 11) is 0. The Kier molecular flexibility index (Phi) is 4.63. The second kappa shape index (κ2) is 7.02. The van der Waals surface area contributed by atoms with E-state index in [9.17, 15) is 14.9 Å². The number of hydrogen-bond donors (Lipinski definition) is 1. The van der Waals surface area contributed by atoms with Gasteiger partial charge in [-0.25, -0.2) is 4.98 Å². The third kappa shape index (κ3) is 3.76. The molecule has 0 spiro atoms. The molecule has 0 saturated heterocycles. The average molecular weight is 354 g/mol. The molecule has 3 aromatic rings. The van der Waals surface area contributed by atoms with Gasteiger partial charge in [0.15, 0.2) is 5.58 Å².